The highest BCUT2D eigenvalue weighted by Crippen LogP contribution is 2.58. The van der Waals surface area contributed by atoms with E-state index in [0.717, 1.165) is 12.8 Å². The van der Waals surface area contributed by atoms with E-state index >= 15 is 0 Å². The standard InChI is InChI=1S/C6H9NO/c8-7-6-3-1-2-5(6)4-6/h5H,1-4H2. The van der Waals surface area contributed by atoms with Gasteiger partial charge in [0.05, 0.1) is 0 Å². The molecule has 0 spiro atoms. The molecular weight excluding hydrogens is 102 g/mol. The van der Waals surface area contributed by atoms with Gasteiger partial charge in [-0.15, -0.1) is 0 Å². The van der Waals surface area contributed by atoms with Crippen LogP contribution in [-0.2, 0) is 0 Å². The molecule has 0 radical (unpaired) electrons. The molecule has 2 nitrogen and oxygen atoms in total. The first kappa shape index (κ1) is 4.48. The average molecular weight is 111 g/mol. The molecule has 0 aromatic carbocycles. The number of fused-ring (bicyclic) bond motifs is 1. The van der Waals surface area contributed by atoms with E-state index in [4.69, 9.17) is 0 Å². The maximum atomic E-state index is 10.1. The molecule has 2 heteroatoms. The molecule has 2 fully saturated rings. The zero-order valence-electron chi connectivity index (χ0n) is 4.76. The van der Waals surface area contributed by atoms with Crippen molar-refractivity contribution >= 4 is 0 Å². The van der Waals surface area contributed by atoms with Gasteiger partial charge in [-0.1, -0.05) is 11.6 Å². The number of nitrogens with zero attached hydrogens (tertiary/aromatic N) is 1. The lowest BCUT2D eigenvalue weighted by Gasteiger charge is -1.93. The summed E-state index contributed by atoms with van der Waals surface area (Å²) in [4.78, 5) is 10.1. The van der Waals surface area contributed by atoms with Crippen molar-refractivity contribution in [2.24, 2.45) is 11.1 Å². The predicted octanol–water partition coefficient (Wildman–Crippen LogP) is 1.70. The number of rotatable bonds is 1. The van der Waals surface area contributed by atoms with Crippen molar-refractivity contribution in [1.29, 1.82) is 0 Å². The summed E-state index contributed by atoms with van der Waals surface area (Å²) in [5.74, 6) is 0.694. The Kier molecular flexibility index (Phi) is 0.626. The van der Waals surface area contributed by atoms with Gasteiger partial charge in [-0.05, 0) is 25.2 Å². The van der Waals surface area contributed by atoms with E-state index in [0.29, 0.717) is 5.92 Å². The second kappa shape index (κ2) is 1.12. The Hall–Kier alpha value is -0.400. The van der Waals surface area contributed by atoms with Gasteiger partial charge in [0.1, 0.15) is 5.54 Å². The number of hydrogen-bond donors (Lipinski definition) is 0. The first-order valence-electron chi connectivity index (χ1n) is 3.22. The fourth-order valence-electron chi connectivity index (χ4n) is 1.86. The molecule has 0 saturated heterocycles. The SMILES string of the molecule is O=NC12CCCC1C2. The second-order valence-electron chi connectivity index (χ2n) is 2.99. The van der Waals surface area contributed by atoms with Crippen LogP contribution in [0, 0.1) is 10.8 Å². The smallest absolute Gasteiger partial charge is 0.106 e. The molecular formula is C6H9NO. The Bertz CT molecular complexity index is 134. The molecule has 2 saturated carbocycles. The van der Waals surface area contributed by atoms with Gasteiger partial charge >= 0.3 is 0 Å². The molecule has 0 N–H and O–H groups in total. The van der Waals surface area contributed by atoms with Crippen molar-refractivity contribution in [2.75, 3.05) is 0 Å². The molecule has 2 aliphatic rings. The second-order valence-corrected chi connectivity index (χ2v) is 2.99. The fraction of sp³-hybridized carbons (Fsp3) is 1.00. The first-order chi connectivity index (χ1) is 3.87. The average Bonchev–Trinajstić information content (AvgIpc) is 2.38. The fourth-order valence-corrected chi connectivity index (χ4v) is 1.86. The van der Waals surface area contributed by atoms with Crippen molar-refractivity contribution in [3.05, 3.63) is 4.91 Å². The van der Waals surface area contributed by atoms with Gasteiger partial charge in [0.15, 0.2) is 0 Å². The van der Waals surface area contributed by atoms with Crippen LogP contribution in [0.1, 0.15) is 25.7 Å². The zero-order chi connectivity index (χ0) is 5.61. The van der Waals surface area contributed by atoms with E-state index in [2.05, 4.69) is 5.18 Å². The van der Waals surface area contributed by atoms with E-state index < -0.39 is 0 Å². The monoisotopic (exact) mass is 111 g/mol. The summed E-state index contributed by atoms with van der Waals surface area (Å²) in [6.07, 6.45) is 4.65. The van der Waals surface area contributed by atoms with Crippen molar-refractivity contribution in [3.8, 4) is 0 Å². The summed E-state index contributed by atoms with van der Waals surface area (Å²) < 4.78 is 0. The predicted molar refractivity (Wildman–Crippen MR) is 30.5 cm³/mol. The highest BCUT2D eigenvalue weighted by atomic mass is 16.3. The Morgan fingerprint density at radius 1 is 1.62 bits per heavy atom. The van der Waals surface area contributed by atoms with Gasteiger partial charge in [0, 0.05) is 0 Å². The van der Waals surface area contributed by atoms with Crippen molar-refractivity contribution < 1.29 is 0 Å². The third-order valence-corrected chi connectivity index (χ3v) is 2.54. The minimum Gasteiger partial charge on any atom is -0.150 e. The molecule has 2 rings (SSSR count). The molecule has 0 aliphatic heterocycles. The summed E-state index contributed by atoms with van der Waals surface area (Å²) in [5, 5.41) is 3.14. The van der Waals surface area contributed by atoms with Crippen LogP contribution in [0.25, 0.3) is 0 Å². The molecule has 2 atom stereocenters. The first-order valence-corrected chi connectivity index (χ1v) is 3.22. The van der Waals surface area contributed by atoms with Crippen LogP contribution in [0.2, 0.25) is 0 Å². The lowest BCUT2D eigenvalue weighted by Crippen LogP contribution is -1.99. The summed E-state index contributed by atoms with van der Waals surface area (Å²) in [6, 6.07) is 0. The maximum absolute atomic E-state index is 10.1. The molecule has 0 aromatic rings. The third-order valence-electron chi connectivity index (χ3n) is 2.54. The Morgan fingerprint density at radius 2 is 2.50 bits per heavy atom. The van der Waals surface area contributed by atoms with Crippen LogP contribution in [0.5, 0.6) is 0 Å². The normalized spacial score (nSPS) is 50.8. The molecule has 0 aromatic heterocycles. The Labute approximate surface area is 48.2 Å². The topological polar surface area (TPSA) is 29.4 Å². The number of nitroso groups, excluding NO2 is 1. The number of hydrogen-bond acceptors (Lipinski definition) is 2. The summed E-state index contributed by atoms with van der Waals surface area (Å²) in [5.41, 5.74) is -0.0278. The Morgan fingerprint density at radius 3 is 2.75 bits per heavy atom. The quantitative estimate of drug-likeness (QED) is 0.473. The van der Waals surface area contributed by atoms with Gasteiger partial charge in [-0.25, -0.2) is 0 Å². The third kappa shape index (κ3) is 0.343. The van der Waals surface area contributed by atoms with Crippen LogP contribution >= 0.6 is 0 Å². The Balaban J connectivity index is 2.18. The van der Waals surface area contributed by atoms with E-state index in [1.165, 1.54) is 12.8 Å². The molecule has 0 heterocycles. The van der Waals surface area contributed by atoms with Crippen LogP contribution in [-0.4, -0.2) is 5.54 Å². The van der Waals surface area contributed by atoms with Crippen LogP contribution < -0.4 is 0 Å². The van der Waals surface area contributed by atoms with Gasteiger partial charge in [0.2, 0.25) is 0 Å². The minimum absolute atomic E-state index is 0.0278. The molecule has 8 heavy (non-hydrogen) atoms. The van der Waals surface area contributed by atoms with Crippen LogP contribution in [0.15, 0.2) is 5.18 Å². The summed E-state index contributed by atoms with van der Waals surface area (Å²) in [7, 11) is 0. The highest BCUT2D eigenvalue weighted by molar-refractivity contribution is 5.13. The van der Waals surface area contributed by atoms with Crippen molar-refractivity contribution in [3.63, 3.8) is 0 Å². The van der Waals surface area contributed by atoms with E-state index in [9.17, 15) is 4.91 Å². The van der Waals surface area contributed by atoms with E-state index in [1.54, 1.807) is 0 Å². The zero-order valence-corrected chi connectivity index (χ0v) is 4.76. The van der Waals surface area contributed by atoms with Crippen molar-refractivity contribution in [1.82, 2.24) is 0 Å². The highest BCUT2D eigenvalue weighted by Gasteiger charge is 2.58. The maximum Gasteiger partial charge on any atom is 0.106 e. The van der Waals surface area contributed by atoms with Crippen LogP contribution in [0.3, 0.4) is 0 Å². The van der Waals surface area contributed by atoms with Gasteiger partial charge < -0.3 is 0 Å². The molecule has 2 unspecified atom stereocenters. The van der Waals surface area contributed by atoms with Crippen LogP contribution in [0.4, 0.5) is 0 Å². The van der Waals surface area contributed by atoms with Gasteiger partial charge in [0.25, 0.3) is 0 Å². The minimum atomic E-state index is -0.0278. The summed E-state index contributed by atoms with van der Waals surface area (Å²) in [6.45, 7) is 0. The van der Waals surface area contributed by atoms with E-state index in [-0.39, 0.29) is 5.54 Å². The lowest BCUT2D eigenvalue weighted by atomic mass is 10.2. The molecule has 0 bridgehead atoms. The van der Waals surface area contributed by atoms with Gasteiger partial charge in [-0.2, -0.15) is 4.91 Å². The molecule has 2 aliphatic carbocycles. The lowest BCUT2D eigenvalue weighted by molar-refractivity contribution is 0.642. The molecule has 0 amide bonds. The van der Waals surface area contributed by atoms with Gasteiger partial charge in [-0.3, -0.25) is 0 Å². The van der Waals surface area contributed by atoms with Crippen molar-refractivity contribution in [2.45, 2.75) is 31.2 Å². The summed E-state index contributed by atoms with van der Waals surface area (Å²) >= 11 is 0. The largest absolute Gasteiger partial charge is 0.150 e. The molecule has 44 valence electrons. The van der Waals surface area contributed by atoms with E-state index in [1.807, 2.05) is 0 Å².